The predicted octanol–water partition coefficient (Wildman–Crippen LogP) is 1.52. The highest BCUT2D eigenvalue weighted by Gasteiger charge is 2.52. The van der Waals surface area contributed by atoms with Gasteiger partial charge in [0.1, 0.15) is 0 Å². The van der Waals surface area contributed by atoms with Crippen LogP contribution in [0.25, 0.3) is 0 Å². The molecule has 0 aliphatic carbocycles. The Bertz CT molecular complexity index is 212. The van der Waals surface area contributed by atoms with Crippen LogP contribution in [0.15, 0.2) is 12.7 Å². The molecule has 80 valence electrons. The summed E-state index contributed by atoms with van der Waals surface area (Å²) in [6, 6.07) is 0. The zero-order valence-corrected chi connectivity index (χ0v) is 9.54. The van der Waals surface area contributed by atoms with E-state index in [4.69, 9.17) is 15.0 Å². The summed E-state index contributed by atoms with van der Waals surface area (Å²) >= 11 is 0. The largest absolute Gasteiger partial charge is 0.476 e. The molecule has 14 heavy (non-hydrogen) atoms. The molecule has 1 aliphatic rings. The summed E-state index contributed by atoms with van der Waals surface area (Å²) < 4.78 is 11.6. The summed E-state index contributed by atoms with van der Waals surface area (Å²) in [6.45, 7) is 11.7. The Morgan fingerprint density at radius 2 is 1.71 bits per heavy atom. The van der Waals surface area contributed by atoms with Crippen molar-refractivity contribution in [1.29, 1.82) is 0 Å². The molecule has 0 saturated carbocycles. The van der Waals surface area contributed by atoms with Crippen LogP contribution >= 0.6 is 0 Å². The van der Waals surface area contributed by atoms with E-state index in [1.165, 1.54) is 0 Å². The maximum Gasteiger partial charge on any atom is 0.476 e. The fourth-order valence-electron chi connectivity index (χ4n) is 1.37. The molecule has 1 fully saturated rings. The zero-order valence-electron chi connectivity index (χ0n) is 9.54. The van der Waals surface area contributed by atoms with E-state index >= 15 is 0 Å². The molecule has 0 aromatic carbocycles. The normalized spacial score (nSPS) is 26.2. The lowest BCUT2D eigenvalue weighted by Gasteiger charge is -2.32. The maximum atomic E-state index is 5.91. The van der Waals surface area contributed by atoms with Gasteiger partial charge in [-0.2, -0.15) is 0 Å². The molecule has 4 heteroatoms. The molecule has 1 saturated heterocycles. The van der Waals surface area contributed by atoms with Crippen molar-refractivity contribution < 1.29 is 9.31 Å². The Hall–Kier alpha value is -0.315. The monoisotopic (exact) mass is 197 g/mol. The first kappa shape index (κ1) is 11.8. The molecule has 1 rings (SSSR count). The van der Waals surface area contributed by atoms with Crippen molar-refractivity contribution in [2.75, 3.05) is 0 Å². The molecule has 1 atom stereocenters. The molecule has 3 nitrogen and oxygen atoms in total. The van der Waals surface area contributed by atoms with Crippen LogP contribution in [0.1, 0.15) is 34.1 Å². The van der Waals surface area contributed by atoms with Gasteiger partial charge in [-0.15, -0.1) is 6.58 Å². The highest BCUT2D eigenvalue weighted by molar-refractivity contribution is 6.47. The Morgan fingerprint density at radius 3 is 2.07 bits per heavy atom. The molecule has 2 N–H and O–H groups in total. The summed E-state index contributed by atoms with van der Waals surface area (Å²) in [5.74, 6) is -0.131. The van der Waals surface area contributed by atoms with Crippen LogP contribution in [-0.2, 0) is 9.31 Å². The number of rotatable bonds is 3. The molecular formula is C10H20BNO2. The first-order chi connectivity index (χ1) is 6.30. The highest BCUT2D eigenvalue weighted by atomic mass is 16.7. The van der Waals surface area contributed by atoms with Crippen molar-refractivity contribution >= 4 is 7.12 Å². The van der Waals surface area contributed by atoms with Crippen molar-refractivity contribution in [1.82, 2.24) is 0 Å². The Labute approximate surface area is 86.8 Å². The van der Waals surface area contributed by atoms with Crippen molar-refractivity contribution in [2.45, 2.75) is 51.3 Å². The molecule has 0 bridgehead atoms. The van der Waals surface area contributed by atoms with Crippen molar-refractivity contribution in [3.05, 3.63) is 12.7 Å². The van der Waals surface area contributed by atoms with Gasteiger partial charge in [0.05, 0.1) is 11.2 Å². The summed E-state index contributed by atoms with van der Waals surface area (Å²) in [5, 5.41) is 0. The van der Waals surface area contributed by atoms with Gasteiger partial charge in [-0.05, 0) is 34.1 Å². The molecule has 1 heterocycles. The third kappa shape index (κ3) is 2.02. The maximum absolute atomic E-state index is 5.91. The predicted molar refractivity (Wildman–Crippen MR) is 58.9 cm³/mol. The summed E-state index contributed by atoms with van der Waals surface area (Å²) in [7, 11) is -0.321. The van der Waals surface area contributed by atoms with Crippen molar-refractivity contribution in [3.63, 3.8) is 0 Å². The van der Waals surface area contributed by atoms with Gasteiger partial charge in [0.15, 0.2) is 0 Å². The topological polar surface area (TPSA) is 44.5 Å². The quantitative estimate of drug-likeness (QED) is 0.551. The second-order valence-corrected chi connectivity index (χ2v) is 4.81. The molecule has 0 radical (unpaired) electrons. The van der Waals surface area contributed by atoms with E-state index in [9.17, 15) is 0 Å². The van der Waals surface area contributed by atoms with Crippen LogP contribution in [0, 0.1) is 0 Å². The number of hydrogen-bond donors (Lipinski definition) is 1. The molecule has 0 aromatic rings. The Morgan fingerprint density at radius 1 is 1.29 bits per heavy atom. The van der Waals surface area contributed by atoms with Gasteiger partial charge in [0.2, 0.25) is 0 Å². The third-order valence-electron chi connectivity index (χ3n) is 3.06. The number of hydrogen-bond acceptors (Lipinski definition) is 3. The van der Waals surface area contributed by atoms with Crippen molar-refractivity contribution in [2.24, 2.45) is 5.73 Å². The highest BCUT2D eigenvalue weighted by Crippen LogP contribution is 2.37. The average Bonchev–Trinajstić information content (AvgIpc) is 2.22. The lowest BCUT2D eigenvalue weighted by atomic mass is 9.77. The van der Waals surface area contributed by atoms with Gasteiger partial charge in [0.25, 0.3) is 0 Å². The smallest absolute Gasteiger partial charge is 0.402 e. The zero-order chi connectivity index (χ0) is 11.0. The minimum atomic E-state index is -0.321. The van der Waals surface area contributed by atoms with Gasteiger partial charge >= 0.3 is 7.12 Å². The standard InChI is InChI=1S/C10H20BNO2/c1-6-7-8(12)11-13-9(2,3)10(4,5)14-11/h6,8H,1,7,12H2,2-5H3. The van der Waals surface area contributed by atoms with Gasteiger partial charge < -0.3 is 15.0 Å². The van der Waals surface area contributed by atoms with Gasteiger partial charge in [-0.25, -0.2) is 0 Å². The molecule has 0 aromatic heterocycles. The summed E-state index contributed by atoms with van der Waals surface area (Å²) in [5.41, 5.74) is 5.32. The summed E-state index contributed by atoms with van der Waals surface area (Å²) in [6.07, 6.45) is 2.49. The van der Waals surface area contributed by atoms with Crippen LogP contribution < -0.4 is 5.73 Å². The minimum absolute atomic E-state index is 0.131. The Balaban J connectivity index is 2.67. The SMILES string of the molecule is C=CCC(N)B1OC(C)(C)C(C)(C)O1. The van der Waals surface area contributed by atoms with E-state index in [0.29, 0.717) is 6.42 Å². The van der Waals surface area contributed by atoms with Crippen molar-refractivity contribution in [3.8, 4) is 0 Å². The molecule has 1 unspecified atom stereocenters. The Kier molecular flexibility index (Phi) is 3.09. The van der Waals surface area contributed by atoms with E-state index in [-0.39, 0.29) is 24.3 Å². The van der Waals surface area contributed by atoms with E-state index in [1.54, 1.807) is 6.08 Å². The fraction of sp³-hybridized carbons (Fsp3) is 0.800. The van der Waals surface area contributed by atoms with Gasteiger partial charge in [-0.3, -0.25) is 0 Å². The van der Waals surface area contributed by atoms with Crippen LogP contribution in [0.3, 0.4) is 0 Å². The summed E-state index contributed by atoms with van der Waals surface area (Å²) in [4.78, 5) is 0. The first-order valence-electron chi connectivity index (χ1n) is 5.02. The minimum Gasteiger partial charge on any atom is -0.402 e. The second kappa shape index (κ2) is 3.68. The molecular weight excluding hydrogens is 177 g/mol. The fourth-order valence-corrected chi connectivity index (χ4v) is 1.37. The van der Waals surface area contributed by atoms with Gasteiger partial charge in [-0.1, -0.05) is 6.08 Å². The van der Waals surface area contributed by atoms with E-state index in [2.05, 4.69) is 6.58 Å². The molecule has 0 spiro atoms. The van der Waals surface area contributed by atoms with Crippen LogP contribution in [0.5, 0.6) is 0 Å². The molecule has 0 amide bonds. The first-order valence-corrected chi connectivity index (χ1v) is 5.02. The van der Waals surface area contributed by atoms with E-state index in [1.807, 2.05) is 27.7 Å². The lowest BCUT2D eigenvalue weighted by Crippen LogP contribution is -2.41. The third-order valence-corrected chi connectivity index (χ3v) is 3.06. The lowest BCUT2D eigenvalue weighted by molar-refractivity contribution is 0.00578. The number of nitrogens with two attached hydrogens (primary N) is 1. The van der Waals surface area contributed by atoms with Crippen LogP contribution in [0.2, 0.25) is 0 Å². The molecule has 1 aliphatic heterocycles. The van der Waals surface area contributed by atoms with Crippen LogP contribution in [0.4, 0.5) is 0 Å². The van der Waals surface area contributed by atoms with Gasteiger partial charge in [0, 0.05) is 5.94 Å². The van der Waals surface area contributed by atoms with Crippen LogP contribution in [-0.4, -0.2) is 24.3 Å². The van der Waals surface area contributed by atoms with E-state index in [0.717, 1.165) is 0 Å². The van der Waals surface area contributed by atoms with E-state index < -0.39 is 0 Å². The average molecular weight is 197 g/mol. The second-order valence-electron chi connectivity index (χ2n) is 4.81.